The molecule has 1 saturated carbocycles. The molecule has 25 heavy (non-hydrogen) atoms. The van der Waals surface area contributed by atoms with Crippen LogP contribution in [-0.2, 0) is 21.2 Å². The number of ether oxygens (including phenoxy) is 2. The summed E-state index contributed by atoms with van der Waals surface area (Å²) in [5.41, 5.74) is 0.952. The van der Waals surface area contributed by atoms with Crippen molar-refractivity contribution in [2.75, 3.05) is 40.1 Å². The van der Waals surface area contributed by atoms with Crippen LogP contribution in [0.15, 0.2) is 18.2 Å². The van der Waals surface area contributed by atoms with Gasteiger partial charge >= 0.3 is 0 Å². The molecule has 0 bridgehead atoms. The van der Waals surface area contributed by atoms with Crippen molar-refractivity contribution in [3.63, 3.8) is 0 Å². The molecule has 0 unspecified atom stereocenters. The number of rotatable bonds is 10. The summed E-state index contributed by atoms with van der Waals surface area (Å²) in [6.45, 7) is 0.937. The fraction of sp³-hybridized carbons (Fsp3) is 0.588. The fourth-order valence-electron chi connectivity index (χ4n) is 2.53. The fourth-order valence-corrected chi connectivity index (χ4v) is 3.37. The summed E-state index contributed by atoms with van der Waals surface area (Å²) in [7, 11) is -0.209. The van der Waals surface area contributed by atoms with Crippen LogP contribution in [0.3, 0.4) is 0 Å². The topological polar surface area (TPSA) is 84.9 Å². The number of benzene rings is 1. The number of methoxy groups -OCH3 is 2. The Bertz CT molecular complexity index is 701. The van der Waals surface area contributed by atoms with Crippen molar-refractivity contribution in [3.8, 4) is 11.5 Å². The zero-order chi connectivity index (χ0) is 18.4. The number of hydrogen-bond donors (Lipinski definition) is 1. The smallest absolute Gasteiger partial charge is 0.223 e. The van der Waals surface area contributed by atoms with Crippen molar-refractivity contribution < 1.29 is 22.7 Å². The molecule has 140 valence electrons. The number of amides is 1. The van der Waals surface area contributed by atoms with E-state index in [4.69, 9.17) is 9.47 Å². The van der Waals surface area contributed by atoms with E-state index >= 15 is 0 Å². The van der Waals surface area contributed by atoms with Gasteiger partial charge in [-0.05, 0) is 37.0 Å². The molecule has 0 atom stereocenters. The molecule has 8 heteroatoms. The van der Waals surface area contributed by atoms with Crippen LogP contribution in [-0.4, -0.2) is 58.7 Å². The molecule has 0 aliphatic heterocycles. The number of hydrogen-bond acceptors (Lipinski definition) is 5. The highest BCUT2D eigenvalue weighted by Crippen LogP contribution is 2.29. The van der Waals surface area contributed by atoms with Gasteiger partial charge in [0.05, 0.1) is 20.5 Å². The van der Waals surface area contributed by atoms with Crippen LogP contribution in [0.1, 0.15) is 18.4 Å². The molecular formula is C17H26N2O5S. The maximum Gasteiger partial charge on any atom is 0.223 e. The summed E-state index contributed by atoms with van der Waals surface area (Å²) < 4.78 is 35.8. The van der Waals surface area contributed by atoms with Crippen LogP contribution in [0.25, 0.3) is 0 Å². The highest BCUT2D eigenvalue weighted by atomic mass is 32.2. The predicted octanol–water partition coefficient (Wildman–Crippen LogP) is 1.03. The van der Waals surface area contributed by atoms with Crippen LogP contribution in [0.4, 0.5) is 0 Å². The van der Waals surface area contributed by atoms with Gasteiger partial charge in [-0.3, -0.25) is 4.79 Å². The van der Waals surface area contributed by atoms with Gasteiger partial charge < -0.3 is 14.8 Å². The average Bonchev–Trinajstić information content (AvgIpc) is 3.41. The first-order valence-electron chi connectivity index (χ1n) is 8.29. The first-order valence-corrected chi connectivity index (χ1v) is 10.1. The number of nitrogens with one attached hydrogen (secondary N) is 1. The quantitative estimate of drug-likeness (QED) is 0.665. The van der Waals surface area contributed by atoms with E-state index in [2.05, 4.69) is 5.32 Å². The molecule has 1 aliphatic carbocycles. The van der Waals surface area contributed by atoms with Gasteiger partial charge in [0.25, 0.3) is 0 Å². The highest BCUT2D eigenvalue weighted by Gasteiger charge is 2.29. The van der Waals surface area contributed by atoms with Crippen molar-refractivity contribution in [2.45, 2.75) is 19.3 Å². The molecule has 1 N–H and O–H groups in total. The molecule has 1 aromatic carbocycles. The Morgan fingerprint density at radius 2 is 1.88 bits per heavy atom. The largest absolute Gasteiger partial charge is 0.493 e. The number of nitrogens with zero attached hydrogens (tertiary/aromatic N) is 1. The molecule has 1 aromatic rings. The van der Waals surface area contributed by atoms with Gasteiger partial charge in [-0.1, -0.05) is 6.07 Å². The number of sulfonamides is 1. The van der Waals surface area contributed by atoms with E-state index < -0.39 is 10.0 Å². The lowest BCUT2D eigenvalue weighted by Gasteiger charge is -2.20. The van der Waals surface area contributed by atoms with E-state index in [-0.39, 0.29) is 18.4 Å². The first-order chi connectivity index (χ1) is 11.8. The molecule has 7 nitrogen and oxygen atoms in total. The van der Waals surface area contributed by atoms with E-state index in [0.717, 1.165) is 18.4 Å². The lowest BCUT2D eigenvalue weighted by atomic mass is 10.1. The van der Waals surface area contributed by atoms with Crippen molar-refractivity contribution in [1.82, 2.24) is 9.62 Å². The number of carbonyl (C=O) groups is 1. The third-order valence-electron chi connectivity index (χ3n) is 4.18. The highest BCUT2D eigenvalue weighted by molar-refractivity contribution is 7.88. The van der Waals surface area contributed by atoms with Crippen LogP contribution in [0.5, 0.6) is 11.5 Å². The third kappa shape index (κ3) is 5.89. The SMILES string of the molecule is COc1ccc(CCN(CCNC(=O)C2CC2)S(C)(=O)=O)cc1OC. The summed E-state index contributed by atoms with van der Waals surface area (Å²) >= 11 is 0. The standard InChI is InChI=1S/C17H26N2O5S/c1-23-15-7-4-13(12-16(15)24-2)8-10-19(25(3,21)22)11-9-18-17(20)14-5-6-14/h4,7,12,14H,5-6,8-11H2,1-3H3,(H,18,20). The Balaban J connectivity index is 1.91. The molecule has 0 saturated heterocycles. The van der Waals surface area contributed by atoms with Gasteiger partial charge in [0.1, 0.15) is 0 Å². The van der Waals surface area contributed by atoms with Crippen molar-refractivity contribution >= 4 is 15.9 Å². The van der Waals surface area contributed by atoms with Gasteiger partial charge in [-0.25, -0.2) is 12.7 Å². The Morgan fingerprint density at radius 3 is 2.44 bits per heavy atom. The second kappa shape index (κ2) is 8.53. The Kier molecular flexibility index (Phi) is 6.66. The van der Waals surface area contributed by atoms with Gasteiger partial charge in [0.15, 0.2) is 11.5 Å². The van der Waals surface area contributed by atoms with E-state index in [0.29, 0.717) is 31.0 Å². The van der Waals surface area contributed by atoms with Crippen LogP contribution < -0.4 is 14.8 Å². The summed E-state index contributed by atoms with van der Waals surface area (Å²) in [6.07, 6.45) is 3.59. The lowest BCUT2D eigenvalue weighted by molar-refractivity contribution is -0.122. The Labute approximate surface area is 149 Å². The monoisotopic (exact) mass is 370 g/mol. The second-order valence-electron chi connectivity index (χ2n) is 6.17. The van der Waals surface area contributed by atoms with Gasteiger partial charge in [0.2, 0.25) is 15.9 Å². The average molecular weight is 370 g/mol. The molecule has 0 aromatic heterocycles. The predicted molar refractivity (Wildman–Crippen MR) is 95.4 cm³/mol. The number of carbonyl (C=O) groups excluding carboxylic acids is 1. The molecule has 1 aliphatic rings. The summed E-state index contributed by atoms with van der Waals surface area (Å²) in [5.74, 6) is 1.39. The van der Waals surface area contributed by atoms with Crippen LogP contribution in [0.2, 0.25) is 0 Å². The van der Waals surface area contributed by atoms with Crippen molar-refractivity contribution in [1.29, 1.82) is 0 Å². The summed E-state index contributed by atoms with van der Waals surface area (Å²) in [6, 6.07) is 5.53. The van der Waals surface area contributed by atoms with E-state index in [1.54, 1.807) is 20.3 Å². The maximum atomic E-state index is 12.0. The lowest BCUT2D eigenvalue weighted by Crippen LogP contribution is -2.39. The molecule has 1 amide bonds. The zero-order valence-electron chi connectivity index (χ0n) is 14.9. The molecule has 2 rings (SSSR count). The minimum Gasteiger partial charge on any atom is -0.493 e. The summed E-state index contributed by atoms with van der Waals surface area (Å²) in [5, 5.41) is 2.80. The third-order valence-corrected chi connectivity index (χ3v) is 5.48. The molecule has 0 heterocycles. The van der Waals surface area contributed by atoms with E-state index in [1.165, 1.54) is 10.6 Å². The van der Waals surface area contributed by atoms with Gasteiger partial charge in [-0.2, -0.15) is 0 Å². The maximum absolute atomic E-state index is 12.0. The van der Waals surface area contributed by atoms with Crippen LogP contribution in [0, 0.1) is 5.92 Å². The summed E-state index contributed by atoms with van der Waals surface area (Å²) in [4.78, 5) is 11.6. The van der Waals surface area contributed by atoms with E-state index in [9.17, 15) is 13.2 Å². The van der Waals surface area contributed by atoms with Crippen molar-refractivity contribution in [2.24, 2.45) is 5.92 Å². The molecule has 1 fully saturated rings. The Hall–Kier alpha value is -1.80. The minimum absolute atomic E-state index is 0.0216. The second-order valence-corrected chi connectivity index (χ2v) is 8.15. The van der Waals surface area contributed by atoms with Gasteiger partial charge in [-0.15, -0.1) is 0 Å². The normalized spacial score (nSPS) is 14.4. The molecular weight excluding hydrogens is 344 g/mol. The minimum atomic E-state index is -3.34. The molecule has 0 radical (unpaired) electrons. The first kappa shape index (κ1) is 19.5. The van der Waals surface area contributed by atoms with E-state index in [1.807, 2.05) is 12.1 Å². The Morgan fingerprint density at radius 1 is 1.20 bits per heavy atom. The zero-order valence-corrected chi connectivity index (χ0v) is 15.8. The van der Waals surface area contributed by atoms with Crippen LogP contribution >= 0.6 is 0 Å². The van der Waals surface area contributed by atoms with Crippen molar-refractivity contribution in [3.05, 3.63) is 23.8 Å². The van der Waals surface area contributed by atoms with Gasteiger partial charge in [0, 0.05) is 25.6 Å². The molecule has 0 spiro atoms.